The number of rotatable bonds is 4. The average molecular weight is 291 g/mol. The van der Waals surface area contributed by atoms with E-state index >= 15 is 0 Å². The molecule has 0 fully saturated rings. The Hall–Kier alpha value is -2.07. The standard InChI is InChI=1S/C9H7F2N3O4S/c10-5-1-6(11)9(7(2-5)19(12,15)16)17-3-8-13-4-18-14-8/h1-2,4H,3H2,(H2,12,15,16). The Morgan fingerprint density at radius 2 is 2.11 bits per heavy atom. The Labute approximate surface area is 106 Å². The minimum atomic E-state index is -4.34. The molecule has 0 bridgehead atoms. The third kappa shape index (κ3) is 3.03. The van der Waals surface area contributed by atoms with Crippen LogP contribution in [-0.2, 0) is 16.6 Å². The van der Waals surface area contributed by atoms with Gasteiger partial charge in [0.25, 0.3) is 0 Å². The molecule has 0 saturated carbocycles. The first-order valence-corrected chi connectivity index (χ1v) is 6.32. The lowest BCUT2D eigenvalue weighted by molar-refractivity contribution is 0.265. The molecule has 19 heavy (non-hydrogen) atoms. The summed E-state index contributed by atoms with van der Waals surface area (Å²) in [5.74, 6) is -2.93. The lowest BCUT2D eigenvalue weighted by atomic mass is 10.3. The fraction of sp³-hybridized carbons (Fsp3) is 0.111. The number of hydrogen-bond donors (Lipinski definition) is 1. The van der Waals surface area contributed by atoms with Crippen LogP contribution in [0.5, 0.6) is 5.75 Å². The zero-order chi connectivity index (χ0) is 14.0. The van der Waals surface area contributed by atoms with E-state index in [-0.39, 0.29) is 12.4 Å². The summed E-state index contributed by atoms with van der Waals surface area (Å²) in [5.41, 5.74) is 0. The van der Waals surface area contributed by atoms with Crippen molar-refractivity contribution in [2.45, 2.75) is 11.5 Å². The summed E-state index contributed by atoms with van der Waals surface area (Å²) in [7, 11) is -4.34. The molecule has 0 spiro atoms. The zero-order valence-corrected chi connectivity index (χ0v) is 10.0. The van der Waals surface area contributed by atoms with Crippen LogP contribution >= 0.6 is 0 Å². The molecule has 0 amide bonds. The van der Waals surface area contributed by atoms with E-state index in [1.54, 1.807) is 0 Å². The van der Waals surface area contributed by atoms with Crippen LogP contribution in [0.2, 0.25) is 0 Å². The van der Waals surface area contributed by atoms with Gasteiger partial charge in [-0.1, -0.05) is 5.16 Å². The molecule has 2 aromatic rings. The summed E-state index contributed by atoms with van der Waals surface area (Å²) in [5, 5.41) is 8.24. The summed E-state index contributed by atoms with van der Waals surface area (Å²) in [6, 6.07) is 1.03. The summed E-state index contributed by atoms with van der Waals surface area (Å²) in [4.78, 5) is 2.79. The van der Waals surface area contributed by atoms with E-state index < -0.39 is 32.3 Å². The number of primary sulfonamides is 1. The molecule has 0 aliphatic carbocycles. The number of aromatic nitrogens is 2. The number of hydrogen-bond acceptors (Lipinski definition) is 6. The van der Waals surface area contributed by atoms with Gasteiger partial charge in [-0.3, -0.25) is 0 Å². The first-order valence-electron chi connectivity index (χ1n) is 4.78. The van der Waals surface area contributed by atoms with Gasteiger partial charge < -0.3 is 9.26 Å². The molecule has 0 saturated heterocycles. The molecule has 1 heterocycles. The summed E-state index contributed by atoms with van der Waals surface area (Å²) >= 11 is 0. The molecule has 7 nitrogen and oxygen atoms in total. The van der Waals surface area contributed by atoms with Gasteiger partial charge in [0.05, 0.1) is 0 Å². The van der Waals surface area contributed by atoms with Crippen LogP contribution < -0.4 is 9.88 Å². The van der Waals surface area contributed by atoms with Crippen molar-refractivity contribution in [3.63, 3.8) is 0 Å². The number of benzene rings is 1. The van der Waals surface area contributed by atoms with Crippen molar-refractivity contribution in [1.82, 2.24) is 10.1 Å². The molecule has 0 atom stereocenters. The van der Waals surface area contributed by atoms with Gasteiger partial charge in [0.1, 0.15) is 10.7 Å². The Kier molecular flexibility index (Phi) is 3.44. The van der Waals surface area contributed by atoms with Crippen LogP contribution in [0.15, 0.2) is 27.9 Å². The van der Waals surface area contributed by atoms with Crippen LogP contribution in [0, 0.1) is 11.6 Å². The maximum Gasteiger partial charge on any atom is 0.241 e. The number of nitrogens with two attached hydrogens (primary N) is 1. The maximum absolute atomic E-state index is 13.5. The maximum atomic E-state index is 13.5. The van der Waals surface area contributed by atoms with Crippen LogP contribution in [0.25, 0.3) is 0 Å². The quantitative estimate of drug-likeness (QED) is 0.882. The van der Waals surface area contributed by atoms with Gasteiger partial charge in [0.15, 0.2) is 18.2 Å². The average Bonchev–Trinajstić information content (AvgIpc) is 2.78. The van der Waals surface area contributed by atoms with Crippen molar-refractivity contribution in [2.24, 2.45) is 5.14 Å². The van der Waals surface area contributed by atoms with Crippen LogP contribution in [0.4, 0.5) is 8.78 Å². The molecule has 0 radical (unpaired) electrons. The first-order chi connectivity index (χ1) is 8.88. The largest absolute Gasteiger partial charge is 0.481 e. The lowest BCUT2D eigenvalue weighted by Crippen LogP contribution is -2.15. The SMILES string of the molecule is NS(=O)(=O)c1cc(F)cc(F)c1OCc1ncon1. The third-order valence-electron chi connectivity index (χ3n) is 2.03. The lowest BCUT2D eigenvalue weighted by Gasteiger charge is -2.09. The van der Waals surface area contributed by atoms with Gasteiger partial charge in [-0.2, -0.15) is 4.98 Å². The Bertz CT molecular complexity index is 688. The highest BCUT2D eigenvalue weighted by molar-refractivity contribution is 7.89. The number of ether oxygens (including phenoxy) is 1. The van der Waals surface area contributed by atoms with Gasteiger partial charge in [0, 0.05) is 6.07 Å². The van der Waals surface area contributed by atoms with E-state index in [1.165, 1.54) is 0 Å². The van der Waals surface area contributed by atoms with E-state index in [0.29, 0.717) is 12.1 Å². The monoisotopic (exact) mass is 291 g/mol. The second kappa shape index (κ2) is 4.90. The molecular formula is C9H7F2N3O4S. The topological polar surface area (TPSA) is 108 Å². The predicted molar refractivity (Wildman–Crippen MR) is 56.4 cm³/mol. The highest BCUT2D eigenvalue weighted by Gasteiger charge is 2.21. The second-order valence-corrected chi connectivity index (χ2v) is 4.93. The molecule has 10 heteroatoms. The van der Waals surface area contributed by atoms with E-state index in [0.717, 1.165) is 6.39 Å². The summed E-state index contributed by atoms with van der Waals surface area (Å²) in [6.45, 7) is -0.360. The van der Waals surface area contributed by atoms with Crippen molar-refractivity contribution in [3.05, 3.63) is 36.0 Å². The van der Waals surface area contributed by atoms with Crippen molar-refractivity contribution in [2.75, 3.05) is 0 Å². The Morgan fingerprint density at radius 3 is 2.68 bits per heavy atom. The molecule has 2 N–H and O–H groups in total. The second-order valence-electron chi connectivity index (χ2n) is 3.40. The zero-order valence-electron chi connectivity index (χ0n) is 9.21. The third-order valence-corrected chi connectivity index (χ3v) is 2.95. The summed E-state index contributed by atoms with van der Waals surface area (Å²) < 4.78 is 58.3. The number of sulfonamides is 1. The number of nitrogens with zero attached hydrogens (tertiary/aromatic N) is 2. The molecule has 2 rings (SSSR count). The minimum absolute atomic E-state index is 0.0593. The van der Waals surface area contributed by atoms with Crippen molar-refractivity contribution in [1.29, 1.82) is 0 Å². The minimum Gasteiger partial charge on any atom is -0.481 e. The van der Waals surface area contributed by atoms with E-state index in [2.05, 4.69) is 14.7 Å². The van der Waals surface area contributed by atoms with E-state index in [9.17, 15) is 17.2 Å². The highest BCUT2D eigenvalue weighted by atomic mass is 32.2. The smallest absolute Gasteiger partial charge is 0.241 e. The van der Waals surface area contributed by atoms with Gasteiger partial charge in [-0.05, 0) is 6.07 Å². The molecule has 0 unspecified atom stereocenters. The fourth-order valence-corrected chi connectivity index (χ4v) is 1.97. The van der Waals surface area contributed by atoms with E-state index in [4.69, 9.17) is 9.88 Å². The van der Waals surface area contributed by atoms with Crippen molar-refractivity contribution in [3.8, 4) is 5.75 Å². The normalized spacial score (nSPS) is 11.5. The molecule has 1 aromatic heterocycles. The first kappa shape index (κ1) is 13.4. The van der Waals surface area contributed by atoms with E-state index in [1.807, 2.05) is 0 Å². The number of halogens is 2. The van der Waals surface area contributed by atoms with Crippen LogP contribution in [0.3, 0.4) is 0 Å². The molecule has 102 valence electrons. The Balaban J connectivity index is 2.38. The fourth-order valence-electron chi connectivity index (χ4n) is 1.28. The van der Waals surface area contributed by atoms with Gasteiger partial charge in [-0.25, -0.2) is 22.3 Å². The van der Waals surface area contributed by atoms with Gasteiger partial charge in [0.2, 0.25) is 22.2 Å². The predicted octanol–water partition coefficient (Wildman–Crippen LogP) is 0.574. The molecule has 1 aromatic carbocycles. The summed E-state index contributed by atoms with van der Waals surface area (Å²) in [6.07, 6.45) is 1.01. The van der Waals surface area contributed by atoms with Crippen LogP contribution in [0.1, 0.15) is 5.82 Å². The van der Waals surface area contributed by atoms with Gasteiger partial charge >= 0.3 is 0 Å². The molecule has 0 aliphatic rings. The van der Waals surface area contributed by atoms with Crippen molar-refractivity contribution < 1.29 is 26.5 Å². The van der Waals surface area contributed by atoms with Gasteiger partial charge in [-0.15, -0.1) is 0 Å². The highest BCUT2D eigenvalue weighted by Crippen LogP contribution is 2.28. The molecule has 0 aliphatic heterocycles. The Morgan fingerprint density at radius 1 is 1.37 bits per heavy atom. The molecular weight excluding hydrogens is 284 g/mol. The van der Waals surface area contributed by atoms with Crippen molar-refractivity contribution >= 4 is 10.0 Å². The van der Waals surface area contributed by atoms with Crippen LogP contribution in [-0.4, -0.2) is 18.6 Å².